The van der Waals surface area contributed by atoms with Crippen molar-refractivity contribution < 1.29 is 9.59 Å². The Bertz CT molecular complexity index is 253. The second-order valence-corrected chi connectivity index (χ2v) is 4.28. The van der Waals surface area contributed by atoms with Gasteiger partial charge in [0.25, 0.3) is 0 Å². The molecule has 2 rings (SSSR count). The monoisotopic (exact) mass is 196 g/mol. The summed E-state index contributed by atoms with van der Waals surface area (Å²) in [7, 11) is 0. The smallest absolute Gasteiger partial charge is 0.225 e. The van der Waals surface area contributed by atoms with Crippen molar-refractivity contribution in [3.63, 3.8) is 0 Å². The Morgan fingerprint density at radius 3 is 1.93 bits per heavy atom. The molecule has 0 bridgehead atoms. The highest BCUT2D eigenvalue weighted by atomic mass is 16.2. The van der Waals surface area contributed by atoms with Crippen LogP contribution in [0.5, 0.6) is 0 Å². The maximum atomic E-state index is 11.6. The SMILES string of the molecule is NC(=O)C1CCC(C(=O)N2CC2)CC1. The number of rotatable bonds is 2. The van der Waals surface area contributed by atoms with Gasteiger partial charge >= 0.3 is 0 Å². The summed E-state index contributed by atoms with van der Waals surface area (Å²) in [5, 5.41) is 0. The first-order valence-electron chi connectivity index (χ1n) is 5.26. The lowest BCUT2D eigenvalue weighted by Gasteiger charge is -2.25. The third-order valence-corrected chi connectivity index (χ3v) is 3.24. The van der Waals surface area contributed by atoms with E-state index in [4.69, 9.17) is 5.73 Å². The van der Waals surface area contributed by atoms with Gasteiger partial charge in [0.15, 0.2) is 0 Å². The van der Waals surface area contributed by atoms with E-state index in [-0.39, 0.29) is 23.7 Å². The van der Waals surface area contributed by atoms with Gasteiger partial charge in [-0.3, -0.25) is 9.59 Å². The fourth-order valence-corrected chi connectivity index (χ4v) is 2.15. The quantitative estimate of drug-likeness (QED) is 0.638. The standard InChI is InChI=1S/C10H16N2O2/c11-9(13)7-1-3-8(4-2-7)10(14)12-5-6-12/h7-8H,1-6H2,(H2,11,13). The van der Waals surface area contributed by atoms with Crippen molar-refractivity contribution in [2.24, 2.45) is 17.6 Å². The molecule has 0 unspecified atom stereocenters. The van der Waals surface area contributed by atoms with E-state index in [0.717, 1.165) is 38.8 Å². The van der Waals surface area contributed by atoms with Crippen molar-refractivity contribution in [2.75, 3.05) is 13.1 Å². The molecule has 0 aromatic rings. The highest BCUT2D eigenvalue weighted by Gasteiger charge is 2.34. The second kappa shape index (κ2) is 3.59. The fourth-order valence-electron chi connectivity index (χ4n) is 2.15. The van der Waals surface area contributed by atoms with Crippen LogP contribution in [0.3, 0.4) is 0 Å². The molecule has 2 amide bonds. The van der Waals surface area contributed by atoms with Crippen LogP contribution in [0.15, 0.2) is 0 Å². The Hall–Kier alpha value is -1.06. The fraction of sp³-hybridized carbons (Fsp3) is 0.800. The molecule has 14 heavy (non-hydrogen) atoms. The summed E-state index contributed by atoms with van der Waals surface area (Å²) in [6, 6.07) is 0. The highest BCUT2D eigenvalue weighted by molar-refractivity contribution is 5.81. The average Bonchev–Trinajstić information content (AvgIpc) is 3.00. The van der Waals surface area contributed by atoms with Gasteiger partial charge in [-0.25, -0.2) is 0 Å². The summed E-state index contributed by atoms with van der Waals surface area (Å²) in [5.74, 6) is 0.247. The molecule has 0 radical (unpaired) electrons. The predicted octanol–water partition coefficient (Wildman–Crippen LogP) is 0.120. The summed E-state index contributed by atoms with van der Waals surface area (Å²) >= 11 is 0. The van der Waals surface area contributed by atoms with Crippen LogP contribution in [-0.4, -0.2) is 29.8 Å². The number of primary amides is 1. The normalized spacial score (nSPS) is 31.3. The average molecular weight is 196 g/mol. The minimum Gasteiger partial charge on any atom is -0.369 e. The molecule has 1 saturated carbocycles. The van der Waals surface area contributed by atoms with Gasteiger partial charge in [-0.2, -0.15) is 0 Å². The van der Waals surface area contributed by atoms with Crippen molar-refractivity contribution in [1.82, 2.24) is 4.90 Å². The zero-order valence-corrected chi connectivity index (χ0v) is 8.24. The summed E-state index contributed by atoms with van der Waals surface area (Å²) in [5.41, 5.74) is 5.23. The van der Waals surface area contributed by atoms with Gasteiger partial charge in [-0.05, 0) is 25.7 Å². The van der Waals surface area contributed by atoms with Crippen LogP contribution >= 0.6 is 0 Å². The van der Waals surface area contributed by atoms with Crippen molar-refractivity contribution in [2.45, 2.75) is 25.7 Å². The van der Waals surface area contributed by atoms with E-state index in [1.807, 2.05) is 4.90 Å². The molecular weight excluding hydrogens is 180 g/mol. The molecule has 2 aliphatic rings. The number of nitrogens with two attached hydrogens (primary N) is 1. The van der Waals surface area contributed by atoms with Crippen LogP contribution in [-0.2, 0) is 9.59 Å². The molecule has 4 heteroatoms. The number of nitrogens with zero attached hydrogens (tertiary/aromatic N) is 1. The Balaban J connectivity index is 1.83. The van der Waals surface area contributed by atoms with Crippen LogP contribution in [0.25, 0.3) is 0 Å². The lowest BCUT2D eigenvalue weighted by atomic mass is 9.81. The van der Waals surface area contributed by atoms with Gasteiger partial charge in [0.05, 0.1) is 0 Å². The van der Waals surface area contributed by atoms with Gasteiger partial charge in [0.1, 0.15) is 0 Å². The molecule has 0 atom stereocenters. The number of hydrogen-bond acceptors (Lipinski definition) is 2. The summed E-state index contributed by atoms with van der Waals surface area (Å²) in [6.07, 6.45) is 3.26. The third kappa shape index (κ3) is 1.89. The van der Waals surface area contributed by atoms with Crippen molar-refractivity contribution in [3.8, 4) is 0 Å². The van der Waals surface area contributed by atoms with Crippen LogP contribution in [0.1, 0.15) is 25.7 Å². The zero-order valence-electron chi connectivity index (χ0n) is 8.24. The molecule has 0 aromatic carbocycles. The van der Waals surface area contributed by atoms with E-state index in [9.17, 15) is 9.59 Å². The molecule has 1 heterocycles. The Labute approximate surface area is 83.4 Å². The minimum atomic E-state index is -0.206. The molecule has 2 N–H and O–H groups in total. The number of amides is 2. The van der Waals surface area contributed by atoms with Crippen LogP contribution in [0.4, 0.5) is 0 Å². The van der Waals surface area contributed by atoms with Gasteiger partial charge in [0, 0.05) is 24.9 Å². The van der Waals surface area contributed by atoms with E-state index >= 15 is 0 Å². The van der Waals surface area contributed by atoms with E-state index in [1.165, 1.54) is 0 Å². The van der Waals surface area contributed by atoms with Gasteiger partial charge in [-0.1, -0.05) is 0 Å². The maximum absolute atomic E-state index is 11.6. The number of carbonyl (C=O) groups is 2. The molecule has 1 aliphatic carbocycles. The zero-order chi connectivity index (χ0) is 10.1. The van der Waals surface area contributed by atoms with E-state index in [2.05, 4.69) is 0 Å². The summed E-state index contributed by atoms with van der Waals surface area (Å²) in [6.45, 7) is 1.85. The van der Waals surface area contributed by atoms with Crippen molar-refractivity contribution in [3.05, 3.63) is 0 Å². The first kappa shape index (κ1) is 9.49. The minimum absolute atomic E-state index is 0.00764. The topological polar surface area (TPSA) is 63.2 Å². The van der Waals surface area contributed by atoms with Crippen molar-refractivity contribution in [1.29, 1.82) is 0 Å². The molecule has 4 nitrogen and oxygen atoms in total. The molecule has 0 aromatic heterocycles. The largest absolute Gasteiger partial charge is 0.369 e. The molecule has 1 aliphatic heterocycles. The lowest BCUT2D eigenvalue weighted by Crippen LogP contribution is -2.32. The van der Waals surface area contributed by atoms with Crippen LogP contribution in [0, 0.1) is 11.8 Å². The number of carbonyl (C=O) groups excluding carboxylic acids is 2. The third-order valence-electron chi connectivity index (χ3n) is 3.24. The van der Waals surface area contributed by atoms with Gasteiger partial charge < -0.3 is 10.6 Å². The maximum Gasteiger partial charge on any atom is 0.225 e. The van der Waals surface area contributed by atoms with E-state index < -0.39 is 0 Å². The Morgan fingerprint density at radius 2 is 1.50 bits per heavy atom. The summed E-state index contributed by atoms with van der Waals surface area (Å²) < 4.78 is 0. The van der Waals surface area contributed by atoms with Gasteiger partial charge in [0.2, 0.25) is 11.8 Å². The molecule has 1 saturated heterocycles. The Morgan fingerprint density at radius 1 is 1.00 bits per heavy atom. The van der Waals surface area contributed by atoms with E-state index in [1.54, 1.807) is 0 Å². The molecular formula is C10H16N2O2. The Kier molecular flexibility index (Phi) is 2.44. The van der Waals surface area contributed by atoms with Crippen LogP contribution in [0.2, 0.25) is 0 Å². The first-order valence-corrected chi connectivity index (χ1v) is 5.26. The molecule has 2 fully saturated rings. The predicted molar refractivity (Wildman–Crippen MR) is 51.2 cm³/mol. The second-order valence-electron chi connectivity index (χ2n) is 4.28. The first-order chi connectivity index (χ1) is 6.68. The molecule has 78 valence electrons. The summed E-state index contributed by atoms with van der Waals surface area (Å²) in [4.78, 5) is 24.4. The van der Waals surface area contributed by atoms with Gasteiger partial charge in [-0.15, -0.1) is 0 Å². The molecule has 0 spiro atoms. The van der Waals surface area contributed by atoms with E-state index in [0.29, 0.717) is 0 Å². The number of hydrogen-bond donors (Lipinski definition) is 1. The highest BCUT2D eigenvalue weighted by Crippen LogP contribution is 2.30. The van der Waals surface area contributed by atoms with Crippen LogP contribution < -0.4 is 5.73 Å². The van der Waals surface area contributed by atoms with Crippen molar-refractivity contribution >= 4 is 11.8 Å². The lowest BCUT2D eigenvalue weighted by molar-refractivity contribution is -0.132.